The molecular formula is C14H12BrN3OS. The first kappa shape index (κ1) is 13.5. The summed E-state index contributed by atoms with van der Waals surface area (Å²) >= 11 is 5.01. The topological polar surface area (TPSA) is 50.8 Å². The van der Waals surface area contributed by atoms with Crippen LogP contribution in [0.5, 0.6) is 5.75 Å². The fraction of sp³-hybridized carbons (Fsp3) is 0.143. The Bertz CT molecular complexity index is 727. The number of aromatic nitrogens is 3. The minimum atomic E-state index is 0.782. The number of hydrogen-bond acceptors (Lipinski definition) is 4. The highest BCUT2D eigenvalue weighted by Gasteiger charge is 2.05. The van der Waals surface area contributed by atoms with Gasteiger partial charge in [0.25, 0.3) is 0 Å². The zero-order valence-electron chi connectivity index (χ0n) is 10.8. The predicted molar refractivity (Wildman–Crippen MR) is 84.1 cm³/mol. The number of nitrogens with zero attached hydrogens (tertiary/aromatic N) is 2. The second-order valence-corrected chi connectivity index (χ2v) is 6.06. The fourth-order valence-electron chi connectivity index (χ4n) is 1.79. The number of ether oxygens (including phenoxy) is 1. The molecule has 6 heteroatoms. The summed E-state index contributed by atoms with van der Waals surface area (Å²) < 4.78 is 6.19. The lowest BCUT2D eigenvalue weighted by atomic mass is 10.3. The van der Waals surface area contributed by atoms with Gasteiger partial charge in [0.15, 0.2) is 5.16 Å². The fourth-order valence-corrected chi connectivity index (χ4v) is 2.83. The van der Waals surface area contributed by atoms with Gasteiger partial charge in [0.1, 0.15) is 5.75 Å². The van der Waals surface area contributed by atoms with Crippen molar-refractivity contribution in [2.24, 2.45) is 0 Å². The Hall–Kier alpha value is -1.53. The highest BCUT2D eigenvalue weighted by molar-refractivity contribution is 9.10. The zero-order valence-corrected chi connectivity index (χ0v) is 13.2. The Kier molecular flexibility index (Phi) is 3.93. The number of pyridine rings is 1. The maximum Gasteiger partial charge on any atom is 0.166 e. The van der Waals surface area contributed by atoms with E-state index in [4.69, 9.17) is 4.74 Å². The Morgan fingerprint density at radius 1 is 1.30 bits per heavy atom. The largest absolute Gasteiger partial charge is 0.497 e. The molecular weight excluding hydrogens is 338 g/mol. The van der Waals surface area contributed by atoms with Crippen LogP contribution in [0.1, 0.15) is 5.69 Å². The van der Waals surface area contributed by atoms with Crippen LogP contribution in [-0.4, -0.2) is 22.1 Å². The lowest BCUT2D eigenvalue weighted by Gasteiger charge is -1.98. The summed E-state index contributed by atoms with van der Waals surface area (Å²) in [5.74, 6) is 1.61. The third-order valence-corrected chi connectivity index (χ3v) is 4.19. The quantitative estimate of drug-likeness (QED) is 0.722. The second-order valence-electron chi connectivity index (χ2n) is 4.18. The third kappa shape index (κ3) is 2.96. The molecule has 2 heterocycles. The molecule has 1 N–H and O–H groups in total. The van der Waals surface area contributed by atoms with Crippen LogP contribution in [-0.2, 0) is 5.75 Å². The van der Waals surface area contributed by atoms with E-state index in [2.05, 4.69) is 30.9 Å². The number of imidazole rings is 1. The van der Waals surface area contributed by atoms with Crippen LogP contribution in [0.25, 0.3) is 11.0 Å². The van der Waals surface area contributed by atoms with Crippen LogP contribution in [0.2, 0.25) is 0 Å². The summed E-state index contributed by atoms with van der Waals surface area (Å²) in [6.45, 7) is 0. The Morgan fingerprint density at radius 2 is 2.20 bits per heavy atom. The van der Waals surface area contributed by atoms with E-state index < -0.39 is 0 Å². The van der Waals surface area contributed by atoms with Crippen molar-refractivity contribution in [1.29, 1.82) is 0 Å². The highest BCUT2D eigenvalue weighted by Crippen LogP contribution is 2.25. The van der Waals surface area contributed by atoms with Gasteiger partial charge in [-0.3, -0.25) is 4.98 Å². The van der Waals surface area contributed by atoms with Gasteiger partial charge in [0.2, 0.25) is 0 Å². The molecule has 0 amide bonds. The zero-order chi connectivity index (χ0) is 13.9. The number of methoxy groups -OCH3 is 1. The maximum atomic E-state index is 5.20. The van der Waals surface area contributed by atoms with Crippen LogP contribution in [0.3, 0.4) is 0 Å². The van der Waals surface area contributed by atoms with Gasteiger partial charge in [0, 0.05) is 22.5 Å². The number of thioether (sulfide) groups is 1. The van der Waals surface area contributed by atoms with Gasteiger partial charge < -0.3 is 9.72 Å². The molecule has 0 radical (unpaired) electrons. The summed E-state index contributed by atoms with van der Waals surface area (Å²) in [4.78, 5) is 12.2. The van der Waals surface area contributed by atoms with Gasteiger partial charge in [-0.25, -0.2) is 4.98 Å². The molecule has 3 rings (SSSR count). The van der Waals surface area contributed by atoms with Crippen molar-refractivity contribution in [2.45, 2.75) is 10.9 Å². The molecule has 0 aliphatic heterocycles. The van der Waals surface area contributed by atoms with Crippen LogP contribution >= 0.6 is 27.7 Å². The van der Waals surface area contributed by atoms with Gasteiger partial charge >= 0.3 is 0 Å². The first-order valence-electron chi connectivity index (χ1n) is 6.01. The van der Waals surface area contributed by atoms with Crippen molar-refractivity contribution in [3.8, 4) is 5.75 Å². The van der Waals surface area contributed by atoms with Crippen molar-refractivity contribution in [3.63, 3.8) is 0 Å². The molecule has 0 unspecified atom stereocenters. The number of nitrogens with one attached hydrogen (secondary N) is 1. The number of hydrogen-bond donors (Lipinski definition) is 1. The summed E-state index contributed by atoms with van der Waals surface area (Å²) in [6.07, 6.45) is 1.80. The Balaban J connectivity index is 1.75. The smallest absolute Gasteiger partial charge is 0.166 e. The molecule has 0 aliphatic carbocycles. The van der Waals surface area contributed by atoms with E-state index in [1.807, 2.05) is 30.3 Å². The van der Waals surface area contributed by atoms with Crippen LogP contribution in [0, 0.1) is 0 Å². The predicted octanol–water partition coefficient (Wildman–Crippen LogP) is 4.02. The summed E-state index contributed by atoms with van der Waals surface area (Å²) in [7, 11) is 1.66. The molecule has 4 nitrogen and oxygen atoms in total. The van der Waals surface area contributed by atoms with E-state index >= 15 is 0 Å². The second kappa shape index (κ2) is 5.85. The lowest BCUT2D eigenvalue weighted by molar-refractivity contribution is 0.415. The average Bonchev–Trinajstić information content (AvgIpc) is 2.88. The van der Waals surface area contributed by atoms with Gasteiger partial charge in [-0.1, -0.05) is 11.8 Å². The molecule has 20 heavy (non-hydrogen) atoms. The van der Waals surface area contributed by atoms with Gasteiger partial charge in [-0.2, -0.15) is 0 Å². The first-order valence-corrected chi connectivity index (χ1v) is 7.79. The molecule has 2 aromatic heterocycles. The summed E-state index contributed by atoms with van der Waals surface area (Å²) in [6, 6.07) is 9.81. The number of benzene rings is 1. The summed E-state index contributed by atoms with van der Waals surface area (Å²) in [5.41, 5.74) is 2.95. The highest BCUT2D eigenvalue weighted by atomic mass is 79.9. The standard InChI is InChI=1S/C14H12BrN3OS/c1-19-11-4-5-12-13(6-11)18-14(17-12)20-8-10-3-2-9(15)7-16-10/h2-7H,8H2,1H3,(H,17,18). The van der Waals surface area contributed by atoms with Crippen molar-refractivity contribution in [1.82, 2.24) is 15.0 Å². The normalized spacial score (nSPS) is 10.9. The number of fused-ring (bicyclic) bond motifs is 1. The third-order valence-electron chi connectivity index (χ3n) is 2.81. The molecule has 3 aromatic rings. The molecule has 0 bridgehead atoms. The summed E-state index contributed by atoms with van der Waals surface area (Å²) in [5, 5.41) is 0.887. The Morgan fingerprint density at radius 3 is 2.95 bits per heavy atom. The Labute approximate surface area is 129 Å². The van der Waals surface area contributed by atoms with Gasteiger partial charge in [0.05, 0.1) is 23.8 Å². The SMILES string of the molecule is COc1ccc2nc(SCc3ccc(Br)cn3)[nH]c2c1. The molecule has 0 atom stereocenters. The first-order chi connectivity index (χ1) is 9.74. The molecule has 102 valence electrons. The van der Waals surface area contributed by atoms with E-state index in [-0.39, 0.29) is 0 Å². The van der Waals surface area contributed by atoms with Crippen molar-refractivity contribution in [2.75, 3.05) is 7.11 Å². The molecule has 0 saturated carbocycles. The monoisotopic (exact) mass is 349 g/mol. The molecule has 0 aliphatic rings. The number of aromatic amines is 1. The van der Waals surface area contributed by atoms with E-state index in [1.54, 1.807) is 25.1 Å². The van der Waals surface area contributed by atoms with Crippen molar-refractivity contribution < 1.29 is 4.74 Å². The number of halogens is 1. The van der Waals surface area contributed by atoms with Crippen molar-refractivity contribution in [3.05, 3.63) is 46.7 Å². The van der Waals surface area contributed by atoms with Gasteiger partial charge in [-0.05, 0) is 40.2 Å². The maximum absolute atomic E-state index is 5.20. The van der Waals surface area contributed by atoms with E-state index in [0.29, 0.717) is 0 Å². The minimum Gasteiger partial charge on any atom is -0.497 e. The average molecular weight is 350 g/mol. The molecule has 0 saturated heterocycles. The molecule has 1 aromatic carbocycles. The molecule has 0 spiro atoms. The number of H-pyrrole nitrogens is 1. The van der Waals surface area contributed by atoms with Crippen LogP contribution < -0.4 is 4.74 Å². The van der Waals surface area contributed by atoms with Gasteiger partial charge in [-0.15, -0.1) is 0 Å². The van der Waals surface area contributed by atoms with Crippen LogP contribution in [0.15, 0.2) is 46.2 Å². The van der Waals surface area contributed by atoms with E-state index in [1.165, 1.54) is 0 Å². The number of rotatable bonds is 4. The van der Waals surface area contributed by atoms with Crippen molar-refractivity contribution >= 4 is 38.7 Å². The minimum absolute atomic E-state index is 0.782. The molecule has 0 fully saturated rings. The van der Waals surface area contributed by atoms with E-state index in [0.717, 1.165) is 37.9 Å². The van der Waals surface area contributed by atoms with E-state index in [9.17, 15) is 0 Å². The van der Waals surface area contributed by atoms with Crippen LogP contribution in [0.4, 0.5) is 0 Å². The lowest BCUT2D eigenvalue weighted by Crippen LogP contribution is -1.86.